The number of hydrogen-bond donors (Lipinski definition) is 1. The first kappa shape index (κ1) is 21.0. The Morgan fingerprint density at radius 2 is 1.62 bits per heavy atom. The summed E-state index contributed by atoms with van der Waals surface area (Å²) in [5, 5.41) is 1.73. The van der Waals surface area contributed by atoms with Crippen molar-refractivity contribution < 1.29 is 22.6 Å². The Morgan fingerprint density at radius 3 is 2.28 bits per heavy atom. The van der Waals surface area contributed by atoms with Crippen LogP contribution in [0.4, 0.5) is 5.69 Å². The highest BCUT2D eigenvalue weighted by Crippen LogP contribution is 2.29. The highest BCUT2D eigenvalue weighted by atomic mass is 32.2. The van der Waals surface area contributed by atoms with Crippen molar-refractivity contribution in [1.82, 2.24) is 0 Å². The van der Waals surface area contributed by atoms with Crippen LogP contribution in [0.15, 0.2) is 64.2 Å². The fourth-order valence-corrected chi connectivity index (χ4v) is 4.64. The van der Waals surface area contributed by atoms with Gasteiger partial charge in [-0.15, -0.1) is 11.3 Å². The zero-order chi connectivity index (χ0) is 20.7. The van der Waals surface area contributed by atoms with E-state index in [4.69, 9.17) is 14.2 Å². The number of ether oxygens (including phenoxy) is 3. The largest absolute Gasteiger partial charge is 0.490 e. The van der Waals surface area contributed by atoms with Gasteiger partial charge in [0, 0.05) is 5.69 Å². The van der Waals surface area contributed by atoms with Crippen LogP contribution in [0.5, 0.6) is 17.2 Å². The van der Waals surface area contributed by atoms with Crippen LogP contribution < -0.4 is 18.9 Å². The third kappa shape index (κ3) is 5.65. The van der Waals surface area contributed by atoms with Crippen molar-refractivity contribution in [3.8, 4) is 17.2 Å². The number of anilines is 1. The molecule has 0 aliphatic carbocycles. The molecule has 1 aromatic heterocycles. The van der Waals surface area contributed by atoms with Crippen LogP contribution in [-0.4, -0.2) is 21.6 Å². The first-order valence-corrected chi connectivity index (χ1v) is 11.6. The van der Waals surface area contributed by atoms with Gasteiger partial charge in [-0.05, 0) is 67.3 Å². The molecule has 0 unspecified atom stereocenters. The second-order valence-corrected chi connectivity index (χ2v) is 8.85. The minimum absolute atomic E-state index is 0.276. The van der Waals surface area contributed by atoms with Crippen LogP contribution in [0.2, 0.25) is 0 Å². The van der Waals surface area contributed by atoms with Gasteiger partial charge in [-0.2, -0.15) is 0 Å². The van der Waals surface area contributed by atoms with Crippen molar-refractivity contribution in [3.05, 3.63) is 65.5 Å². The molecule has 6 nitrogen and oxygen atoms in total. The van der Waals surface area contributed by atoms with Crippen molar-refractivity contribution in [2.24, 2.45) is 0 Å². The molecule has 0 saturated heterocycles. The molecule has 1 N–H and O–H groups in total. The lowest BCUT2D eigenvalue weighted by molar-refractivity contribution is 0.283. The van der Waals surface area contributed by atoms with E-state index in [-0.39, 0.29) is 4.21 Å². The van der Waals surface area contributed by atoms with E-state index in [0.717, 1.165) is 5.56 Å². The summed E-state index contributed by atoms with van der Waals surface area (Å²) in [6, 6.07) is 15.8. The van der Waals surface area contributed by atoms with E-state index in [0.29, 0.717) is 42.8 Å². The lowest BCUT2D eigenvalue weighted by Crippen LogP contribution is -2.11. The number of rotatable bonds is 10. The summed E-state index contributed by atoms with van der Waals surface area (Å²) in [4.78, 5) is 0. The van der Waals surface area contributed by atoms with E-state index in [9.17, 15) is 8.42 Å². The maximum Gasteiger partial charge on any atom is 0.271 e. The van der Waals surface area contributed by atoms with E-state index in [1.807, 2.05) is 32.0 Å². The molecule has 0 spiro atoms. The van der Waals surface area contributed by atoms with Crippen LogP contribution in [-0.2, 0) is 16.6 Å². The molecule has 0 saturated carbocycles. The summed E-state index contributed by atoms with van der Waals surface area (Å²) in [6.45, 7) is 5.32. The average Bonchev–Trinajstić information content (AvgIpc) is 3.25. The third-order valence-corrected chi connectivity index (χ3v) is 6.66. The zero-order valence-corrected chi connectivity index (χ0v) is 17.9. The summed E-state index contributed by atoms with van der Waals surface area (Å²) in [7, 11) is -3.56. The maximum atomic E-state index is 12.3. The molecule has 154 valence electrons. The van der Waals surface area contributed by atoms with Crippen LogP contribution in [0, 0.1) is 0 Å². The minimum atomic E-state index is -3.56. The number of benzene rings is 2. The molecular weight excluding hydrogens is 410 g/mol. The Labute approximate surface area is 175 Å². The molecule has 3 rings (SSSR count). The topological polar surface area (TPSA) is 73.9 Å². The van der Waals surface area contributed by atoms with Gasteiger partial charge >= 0.3 is 0 Å². The molecule has 1 heterocycles. The second-order valence-electron chi connectivity index (χ2n) is 6.00. The lowest BCUT2D eigenvalue weighted by Gasteiger charge is -2.13. The fraction of sp³-hybridized carbons (Fsp3) is 0.238. The van der Waals surface area contributed by atoms with E-state index >= 15 is 0 Å². The van der Waals surface area contributed by atoms with Gasteiger partial charge in [-0.3, -0.25) is 4.72 Å². The van der Waals surface area contributed by atoms with Gasteiger partial charge in [0.1, 0.15) is 16.6 Å². The monoisotopic (exact) mass is 433 g/mol. The smallest absolute Gasteiger partial charge is 0.271 e. The Balaban J connectivity index is 1.62. The summed E-state index contributed by atoms with van der Waals surface area (Å²) in [5.41, 5.74) is 1.42. The quantitative estimate of drug-likeness (QED) is 0.491. The molecule has 0 bridgehead atoms. The van der Waals surface area contributed by atoms with Gasteiger partial charge in [0.15, 0.2) is 11.5 Å². The molecule has 0 atom stereocenters. The van der Waals surface area contributed by atoms with Crippen LogP contribution in [0.3, 0.4) is 0 Å². The van der Waals surface area contributed by atoms with Crippen molar-refractivity contribution in [3.63, 3.8) is 0 Å². The highest BCUT2D eigenvalue weighted by Gasteiger charge is 2.15. The predicted octanol–water partition coefficient (Wildman–Crippen LogP) is 4.93. The molecule has 0 radical (unpaired) electrons. The Kier molecular flexibility index (Phi) is 7.00. The van der Waals surface area contributed by atoms with Crippen molar-refractivity contribution in [1.29, 1.82) is 0 Å². The number of sulfonamides is 1. The lowest BCUT2D eigenvalue weighted by atomic mass is 10.2. The minimum Gasteiger partial charge on any atom is -0.490 e. The molecule has 8 heteroatoms. The predicted molar refractivity (Wildman–Crippen MR) is 115 cm³/mol. The van der Waals surface area contributed by atoms with Crippen molar-refractivity contribution >= 4 is 27.0 Å². The molecular formula is C21H23NO5S2. The normalized spacial score (nSPS) is 11.1. The first-order chi connectivity index (χ1) is 14.0. The summed E-state index contributed by atoms with van der Waals surface area (Å²) in [5.74, 6) is 2.03. The molecule has 0 amide bonds. The van der Waals surface area contributed by atoms with Gasteiger partial charge < -0.3 is 14.2 Å². The van der Waals surface area contributed by atoms with Gasteiger partial charge in [0.2, 0.25) is 0 Å². The summed E-state index contributed by atoms with van der Waals surface area (Å²) < 4.78 is 44.4. The molecule has 0 aliphatic rings. The molecule has 2 aromatic carbocycles. The van der Waals surface area contributed by atoms with Crippen molar-refractivity contribution in [2.75, 3.05) is 17.9 Å². The number of nitrogens with one attached hydrogen (secondary N) is 1. The van der Waals surface area contributed by atoms with E-state index < -0.39 is 10.0 Å². The zero-order valence-electron chi connectivity index (χ0n) is 16.3. The standard InChI is InChI=1S/C21H23NO5S2/c1-3-25-19-12-7-16(14-20(19)26-4-2)15-27-18-10-8-17(9-11-18)22-29(23,24)21-6-5-13-28-21/h5-14,22H,3-4,15H2,1-2H3. The van der Waals surface area contributed by atoms with Gasteiger partial charge in [0.25, 0.3) is 10.0 Å². The van der Waals surface area contributed by atoms with E-state index in [2.05, 4.69) is 4.72 Å². The molecule has 0 fully saturated rings. The third-order valence-electron chi connectivity index (χ3n) is 3.88. The summed E-state index contributed by atoms with van der Waals surface area (Å²) in [6.07, 6.45) is 0. The van der Waals surface area contributed by atoms with E-state index in [1.54, 1.807) is 41.8 Å². The van der Waals surface area contributed by atoms with E-state index in [1.165, 1.54) is 11.3 Å². The Morgan fingerprint density at radius 1 is 0.897 bits per heavy atom. The van der Waals surface area contributed by atoms with Crippen LogP contribution >= 0.6 is 11.3 Å². The number of hydrogen-bond acceptors (Lipinski definition) is 6. The highest BCUT2D eigenvalue weighted by molar-refractivity contribution is 7.94. The first-order valence-electron chi connectivity index (χ1n) is 9.19. The Bertz CT molecular complexity index is 1020. The van der Waals surface area contributed by atoms with Crippen molar-refractivity contribution in [2.45, 2.75) is 24.7 Å². The molecule has 0 aliphatic heterocycles. The molecule has 29 heavy (non-hydrogen) atoms. The second kappa shape index (κ2) is 9.67. The average molecular weight is 434 g/mol. The van der Waals surface area contributed by atoms with Gasteiger partial charge in [-0.1, -0.05) is 12.1 Å². The van der Waals surface area contributed by atoms with Crippen LogP contribution in [0.25, 0.3) is 0 Å². The number of thiophene rings is 1. The van der Waals surface area contributed by atoms with Gasteiger partial charge in [0.05, 0.1) is 13.2 Å². The Hall–Kier alpha value is -2.71. The molecule has 3 aromatic rings. The van der Waals surface area contributed by atoms with Crippen LogP contribution in [0.1, 0.15) is 19.4 Å². The maximum absolute atomic E-state index is 12.3. The fourth-order valence-electron chi connectivity index (χ4n) is 2.59. The summed E-state index contributed by atoms with van der Waals surface area (Å²) >= 11 is 1.17. The SMILES string of the molecule is CCOc1ccc(COc2ccc(NS(=O)(=O)c3cccs3)cc2)cc1OCC. The van der Waals surface area contributed by atoms with Gasteiger partial charge in [-0.25, -0.2) is 8.42 Å².